The zero-order valence-electron chi connectivity index (χ0n) is 10.1. The van der Waals surface area contributed by atoms with Crippen LogP contribution in [-0.4, -0.2) is 4.98 Å². The molecule has 0 spiro atoms. The predicted molar refractivity (Wildman–Crippen MR) is 64.0 cm³/mol. The number of pyridine rings is 1. The van der Waals surface area contributed by atoms with Crippen molar-refractivity contribution in [1.82, 2.24) is 4.98 Å². The minimum Gasteiger partial charge on any atom is -0.253 e. The van der Waals surface area contributed by atoms with Crippen LogP contribution in [0, 0.1) is 17.1 Å². The molecule has 0 aliphatic rings. The van der Waals surface area contributed by atoms with Crippen LogP contribution in [0.5, 0.6) is 0 Å². The number of aromatic nitrogens is 1. The summed E-state index contributed by atoms with van der Waals surface area (Å²) in [7, 11) is 0. The van der Waals surface area contributed by atoms with Crippen LogP contribution in [0.25, 0.3) is 11.3 Å². The number of nitriles is 1. The smallest absolute Gasteiger partial charge is 0.253 e. The van der Waals surface area contributed by atoms with E-state index in [2.05, 4.69) is 4.98 Å². The first-order valence-electron chi connectivity index (χ1n) is 5.61. The van der Waals surface area contributed by atoms with Crippen LogP contribution < -0.4 is 0 Å². The molecule has 0 amide bonds. The lowest BCUT2D eigenvalue weighted by molar-refractivity contribution is -0.137. The van der Waals surface area contributed by atoms with Gasteiger partial charge in [0, 0.05) is 11.8 Å². The fourth-order valence-electron chi connectivity index (χ4n) is 1.72. The van der Waals surface area contributed by atoms with Gasteiger partial charge in [0.15, 0.2) is 0 Å². The van der Waals surface area contributed by atoms with E-state index in [1.807, 2.05) is 6.07 Å². The Labute approximate surface area is 112 Å². The molecular weight excluding hydrogens is 272 g/mol. The number of halogens is 4. The van der Waals surface area contributed by atoms with Crippen LogP contribution in [0.1, 0.15) is 11.1 Å². The average Bonchev–Trinajstić information content (AvgIpc) is 2.38. The second-order valence-corrected chi connectivity index (χ2v) is 4.09. The van der Waals surface area contributed by atoms with Crippen molar-refractivity contribution >= 4 is 0 Å². The molecule has 102 valence electrons. The second-order valence-electron chi connectivity index (χ2n) is 4.09. The molecule has 0 saturated heterocycles. The van der Waals surface area contributed by atoms with E-state index < -0.39 is 17.6 Å². The number of nitrogens with zero attached hydrogens (tertiary/aromatic N) is 2. The Balaban J connectivity index is 2.45. The highest BCUT2D eigenvalue weighted by Crippen LogP contribution is 2.32. The highest BCUT2D eigenvalue weighted by Gasteiger charge is 2.30. The number of alkyl halides is 3. The van der Waals surface area contributed by atoms with Gasteiger partial charge in [-0.1, -0.05) is 12.1 Å². The molecule has 0 aliphatic heterocycles. The molecule has 2 nitrogen and oxygen atoms in total. The lowest BCUT2D eigenvalue weighted by atomic mass is 10.1. The van der Waals surface area contributed by atoms with Crippen LogP contribution in [0.2, 0.25) is 0 Å². The molecular formula is C14H8F4N2. The first kappa shape index (κ1) is 14.0. The van der Waals surface area contributed by atoms with E-state index in [0.717, 1.165) is 18.2 Å². The van der Waals surface area contributed by atoms with Gasteiger partial charge in [-0.2, -0.15) is 18.4 Å². The summed E-state index contributed by atoms with van der Waals surface area (Å²) in [5.41, 5.74) is -0.614. The molecule has 0 atom stereocenters. The van der Waals surface area contributed by atoms with Gasteiger partial charge in [-0.3, -0.25) is 4.98 Å². The van der Waals surface area contributed by atoms with Crippen LogP contribution in [-0.2, 0) is 12.6 Å². The summed E-state index contributed by atoms with van der Waals surface area (Å²) in [5.74, 6) is -0.753. The van der Waals surface area contributed by atoms with Gasteiger partial charge in [0.1, 0.15) is 11.5 Å². The molecule has 2 rings (SSSR count). The first-order chi connectivity index (χ1) is 9.41. The monoisotopic (exact) mass is 280 g/mol. The molecule has 1 heterocycles. The van der Waals surface area contributed by atoms with Crippen LogP contribution in [0.15, 0.2) is 36.5 Å². The quantitative estimate of drug-likeness (QED) is 0.780. The average molecular weight is 280 g/mol. The lowest BCUT2D eigenvalue weighted by Gasteiger charge is -2.09. The Bertz CT molecular complexity index is 672. The Hall–Kier alpha value is -2.42. The molecule has 0 bridgehead atoms. The highest BCUT2D eigenvalue weighted by molar-refractivity contribution is 5.61. The fraction of sp³-hybridized carbons (Fsp3) is 0.143. The molecule has 0 radical (unpaired) electrons. The zero-order valence-corrected chi connectivity index (χ0v) is 10.1. The predicted octanol–water partition coefficient (Wildman–Crippen LogP) is 3.97. The molecule has 0 aliphatic carbocycles. The largest absolute Gasteiger partial charge is 0.416 e. The van der Waals surface area contributed by atoms with E-state index >= 15 is 0 Å². The van der Waals surface area contributed by atoms with Crippen molar-refractivity contribution in [2.24, 2.45) is 0 Å². The maximum atomic E-state index is 13.8. The minimum absolute atomic E-state index is 0.00715. The Morgan fingerprint density at radius 3 is 2.55 bits per heavy atom. The van der Waals surface area contributed by atoms with Crippen molar-refractivity contribution in [3.63, 3.8) is 0 Å². The molecule has 0 N–H and O–H groups in total. The Morgan fingerprint density at radius 2 is 1.95 bits per heavy atom. The van der Waals surface area contributed by atoms with Gasteiger partial charge in [-0.15, -0.1) is 0 Å². The maximum Gasteiger partial charge on any atom is 0.416 e. The van der Waals surface area contributed by atoms with E-state index in [1.165, 1.54) is 18.3 Å². The summed E-state index contributed by atoms with van der Waals surface area (Å²) in [6.07, 6.45) is -3.22. The molecule has 0 fully saturated rings. The molecule has 2 aromatic rings. The molecule has 1 aromatic carbocycles. The third-order valence-corrected chi connectivity index (χ3v) is 2.64. The zero-order chi connectivity index (χ0) is 14.8. The topological polar surface area (TPSA) is 36.7 Å². The lowest BCUT2D eigenvalue weighted by Crippen LogP contribution is -2.05. The summed E-state index contributed by atoms with van der Waals surface area (Å²) >= 11 is 0. The molecule has 0 saturated carbocycles. The van der Waals surface area contributed by atoms with E-state index in [0.29, 0.717) is 5.56 Å². The number of hydrogen-bond donors (Lipinski definition) is 0. The Kier molecular flexibility index (Phi) is 3.70. The van der Waals surface area contributed by atoms with Crippen molar-refractivity contribution in [2.45, 2.75) is 12.6 Å². The van der Waals surface area contributed by atoms with Crippen LogP contribution in [0.3, 0.4) is 0 Å². The first-order valence-corrected chi connectivity index (χ1v) is 5.61. The van der Waals surface area contributed by atoms with Crippen molar-refractivity contribution in [3.8, 4) is 17.3 Å². The third kappa shape index (κ3) is 2.94. The summed E-state index contributed by atoms with van der Waals surface area (Å²) in [6, 6.07) is 7.25. The Morgan fingerprint density at radius 1 is 1.20 bits per heavy atom. The van der Waals surface area contributed by atoms with E-state index in [-0.39, 0.29) is 17.7 Å². The van der Waals surface area contributed by atoms with Gasteiger partial charge in [-0.25, -0.2) is 4.39 Å². The van der Waals surface area contributed by atoms with Gasteiger partial charge in [0.25, 0.3) is 0 Å². The van der Waals surface area contributed by atoms with Gasteiger partial charge >= 0.3 is 6.18 Å². The van der Waals surface area contributed by atoms with Gasteiger partial charge in [-0.05, 0) is 23.8 Å². The summed E-state index contributed by atoms with van der Waals surface area (Å²) in [4.78, 5) is 3.80. The summed E-state index contributed by atoms with van der Waals surface area (Å²) in [5, 5.41) is 8.50. The van der Waals surface area contributed by atoms with Crippen molar-refractivity contribution in [1.29, 1.82) is 5.26 Å². The standard InChI is InChI=1S/C14H8F4N2/c15-12-6-9(4-5-19)8-20-13(12)10-2-1-3-11(7-10)14(16,17)18/h1-3,6-8H,4H2. The molecule has 20 heavy (non-hydrogen) atoms. The maximum absolute atomic E-state index is 13.8. The third-order valence-electron chi connectivity index (χ3n) is 2.64. The fourth-order valence-corrected chi connectivity index (χ4v) is 1.72. The van der Waals surface area contributed by atoms with Crippen molar-refractivity contribution < 1.29 is 17.6 Å². The normalized spacial score (nSPS) is 11.2. The van der Waals surface area contributed by atoms with Gasteiger partial charge < -0.3 is 0 Å². The number of hydrogen-bond acceptors (Lipinski definition) is 2. The van der Waals surface area contributed by atoms with Crippen molar-refractivity contribution in [2.75, 3.05) is 0 Å². The van der Waals surface area contributed by atoms with Gasteiger partial charge in [0.2, 0.25) is 0 Å². The van der Waals surface area contributed by atoms with Crippen molar-refractivity contribution in [3.05, 3.63) is 53.5 Å². The summed E-state index contributed by atoms with van der Waals surface area (Å²) in [6.45, 7) is 0. The molecule has 1 aromatic heterocycles. The number of rotatable bonds is 2. The van der Waals surface area contributed by atoms with E-state index in [9.17, 15) is 17.6 Å². The summed E-state index contributed by atoms with van der Waals surface area (Å²) < 4.78 is 51.6. The number of benzene rings is 1. The SMILES string of the molecule is N#CCc1cnc(-c2cccc(C(F)(F)F)c2)c(F)c1. The van der Waals surface area contributed by atoms with E-state index in [1.54, 1.807) is 0 Å². The minimum atomic E-state index is -4.49. The highest BCUT2D eigenvalue weighted by atomic mass is 19.4. The van der Waals surface area contributed by atoms with Crippen LogP contribution >= 0.6 is 0 Å². The molecule has 6 heteroatoms. The second kappa shape index (κ2) is 5.29. The molecule has 0 unspecified atom stereocenters. The van der Waals surface area contributed by atoms with Crippen LogP contribution in [0.4, 0.5) is 17.6 Å². The van der Waals surface area contributed by atoms with Gasteiger partial charge in [0.05, 0.1) is 18.1 Å². The van der Waals surface area contributed by atoms with E-state index in [4.69, 9.17) is 5.26 Å².